The van der Waals surface area contributed by atoms with Gasteiger partial charge in [0.25, 0.3) is 5.91 Å². The predicted molar refractivity (Wildman–Crippen MR) is 59.4 cm³/mol. The Morgan fingerprint density at radius 1 is 1.50 bits per heavy atom. The fourth-order valence-electron chi connectivity index (χ4n) is 1.33. The van der Waals surface area contributed by atoms with Crippen molar-refractivity contribution in [3.63, 3.8) is 0 Å². The van der Waals surface area contributed by atoms with E-state index in [1.54, 1.807) is 4.90 Å². The van der Waals surface area contributed by atoms with E-state index in [9.17, 15) is 4.79 Å². The minimum absolute atomic E-state index is 0.149. The summed E-state index contributed by atoms with van der Waals surface area (Å²) in [6.45, 7) is 6.10. The van der Waals surface area contributed by atoms with Crippen LogP contribution in [0.15, 0.2) is 11.8 Å². The van der Waals surface area contributed by atoms with Crippen LogP contribution in [0.3, 0.4) is 0 Å². The number of rotatable bonds is 3. The Morgan fingerprint density at radius 2 is 2.12 bits per heavy atom. The van der Waals surface area contributed by atoms with E-state index in [-0.39, 0.29) is 17.5 Å². The van der Waals surface area contributed by atoms with Crippen LogP contribution in [-0.4, -0.2) is 43.2 Å². The number of morpholine rings is 1. The standard InChI is InChI=1S/C11H17N3O2/c1-9(2)13-8-10(7-12)11(15)14-3-5-16-6-4-14/h8-9,13H,3-6H2,1-2H3/b10-8-. The fourth-order valence-corrected chi connectivity index (χ4v) is 1.33. The summed E-state index contributed by atoms with van der Waals surface area (Å²) < 4.78 is 5.15. The Labute approximate surface area is 95.7 Å². The number of nitrogens with one attached hydrogen (secondary N) is 1. The van der Waals surface area contributed by atoms with Gasteiger partial charge in [-0.2, -0.15) is 5.26 Å². The van der Waals surface area contributed by atoms with Crippen molar-refractivity contribution in [2.75, 3.05) is 26.3 Å². The van der Waals surface area contributed by atoms with Crippen LogP contribution in [0.5, 0.6) is 0 Å². The third-order valence-electron chi connectivity index (χ3n) is 2.21. The molecule has 1 N–H and O–H groups in total. The summed E-state index contributed by atoms with van der Waals surface area (Å²) >= 11 is 0. The lowest BCUT2D eigenvalue weighted by atomic mass is 10.2. The minimum Gasteiger partial charge on any atom is -0.387 e. The van der Waals surface area contributed by atoms with Crippen LogP contribution in [0.2, 0.25) is 0 Å². The van der Waals surface area contributed by atoms with Gasteiger partial charge in [-0.1, -0.05) is 0 Å². The van der Waals surface area contributed by atoms with Gasteiger partial charge in [-0.05, 0) is 13.8 Å². The summed E-state index contributed by atoms with van der Waals surface area (Å²) in [4.78, 5) is 13.5. The zero-order valence-electron chi connectivity index (χ0n) is 9.69. The van der Waals surface area contributed by atoms with Gasteiger partial charge in [0.05, 0.1) is 13.2 Å². The first-order chi connectivity index (χ1) is 7.65. The first-order valence-corrected chi connectivity index (χ1v) is 5.38. The molecule has 16 heavy (non-hydrogen) atoms. The topological polar surface area (TPSA) is 65.4 Å². The van der Waals surface area contributed by atoms with E-state index in [0.29, 0.717) is 26.3 Å². The molecule has 0 aromatic rings. The van der Waals surface area contributed by atoms with Gasteiger partial charge in [0.1, 0.15) is 11.6 Å². The quantitative estimate of drug-likeness (QED) is 0.550. The van der Waals surface area contributed by atoms with Crippen molar-refractivity contribution in [1.82, 2.24) is 10.2 Å². The molecule has 1 rings (SSSR count). The van der Waals surface area contributed by atoms with E-state index in [4.69, 9.17) is 10.00 Å². The lowest BCUT2D eigenvalue weighted by Crippen LogP contribution is -2.41. The highest BCUT2D eigenvalue weighted by molar-refractivity contribution is 5.97. The van der Waals surface area contributed by atoms with E-state index >= 15 is 0 Å². The highest BCUT2D eigenvalue weighted by Crippen LogP contribution is 2.04. The highest BCUT2D eigenvalue weighted by atomic mass is 16.5. The molecule has 0 aliphatic carbocycles. The van der Waals surface area contributed by atoms with Crippen LogP contribution in [0.1, 0.15) is 13.8 Å². The predicted octanol–water partition coefficient (Wildman–Crippen LogP) is 0.251. The summed E-state index contributed by atoms with van der Waals surface area (Å²) in [6.07, 6.45) is 1.49. The second-order valence-corrected chi connectivity index (χ2v) is 3.90. The molecule has 1 saturated heterocycles. The van der Waals surface area contributed by atoms with Crippen LogP contribution in [-0.2, 0) is 9.53 Å². The number of nitrogens with zero attached hydrogens (tertiary/aromatic N) is 2. The second kappa shape index (κ2) is 6.13. The van der Waals surface area contributed by atoms with E-state index < -0.39 is 0 Å². The molecule has 1 fully saturated rings. The molecule has 0 atom stereocenters. The molecule has 1 amide bonds. The van der Waals surface area contributed by atoms with E-state index in [1.165, 1.54) is 6.20 Å². The van der Waals surface area contributed by atoms with Crippen molar-refractivity contribution in [2.24, 2.45) is 0 Å². The zero-order valence-corrected chi connectivity index (χ0v) is 9.69. The summed E-state index contributed by atoms with van der Waals surface area (Å²) in [5.74, 6) is -0.223. The molecule has 5 heteroatoms. The average molecular weight is 223 g/mol. The molecular formula is C11H17N3O2. The Bertz CT molecular complexity index is 312. The summed E-state index contributed by atoms with van der Waals surface area (Å²) in [6, 6.07) is 2.13. The molecule has 0 aromatic heterocycles. The summed E-state index contributed by atoms with van der Waals surface area (Å²) in [7, 11) is 0. The molecule has 1 aliphatic heterocycles. The van der Waals surface area contributed by atoms with Crippen molar-refractivity contribution >= 4 is 5.91 Å². The van der Waals surface area contributed by atoms with Crippen molar-refractivity contribution in [3.8, 4) is 6.07 Å². The maximum atomic E-state index is 11.9. The Kier molecular flexibility index (Phi) is 4.80. The highest BCUT2D eigenvalue weighted by Gasteiger charge is 2.20. The van der Waals surface area contributed by atoms with Crippen molar-refractivity contribution in [2.45, 2.75) is 19.9 Å². The molecule has 88 valence electrons. The smallest absolute Gasteiger partial charge is 0.266 e. The van der Waals surface area contributed by atoms with Gasteiger partial charge in [-0.25, -0.2) is 0 Å². The van der Waals surface area contributed by atoms with Crippen molar-refractivity contribution in [3.05, 3.63) is 11.8 Å². The number of nitriles is 1. The van der Waals surface area contributed by atoms with Gasteiger partial charge < -0.3 is 15.0 Å². The monoisotopic (exact) mass is 223 g/mol. The maximum Gasteiger partial charge on any atom is 0.266 e. The van der Waals surface area contributed by atoms with Crippen LogP contribution in [0, 0.1) is 11.3 Å². The second-order valence-electron chi connectivity index (χ2n) is 3.90. The van der Waals surface area contributed by atoms with Crippen molar-refractivity contribution < 1.29 is 9.53 Å². The first-order valence-electron chi connectivity index (χ1n) is 5.38. The lowest BCUT2D eigenvalue weighted by molar-refractivity contribution is -0.130. The van der Waals surface area contributed by atoms with Gasteiger partial charge in [0.15, 0.2) is 0 Å². The third-order valence-corrected chi connectivity index (χ3v) is 2.21. The van der Waals surface area contributed by atoms with Gasteiger partial charge in [-0.15, -0.1) is 0 Å². The fraction of sp³-hybridized carbons (Fsp3) is 0.636. The van der Waals surface area contributed by atoms with Gasteiger partial charge in [-0.3, -0.25) is 4.79 Å². The number of hydrogen-bond donors (Lipinski definition) is 1. The maximum absolute atomic E-state index is 11.9. The minimum atomic E-state index is -0.223. The zero-order chi connectivity index (χ0) is 12.0. The molecule has 0 unspecified atom stereocenters. The molecule has 0 radical (unpaired) electrons. The third kappa shape index (κ3) is 3.55. The number of hydrogen-bond acceptors (Lipinski definition) is 4. The van der Waals surface area contributed by atoms with E-state index in [1.807, 2.05) is 19.9 Å². The summed E-state index contributed by atoms with van der Waals surface area (Å²) in [5.41, 5.74) is 0.149. The molecule has 1 heterocycles. The SMILES string of the molecule is CC(C)N/C=C(/C#N)C(=O)N1CCOCC1. The van der Waals surface area contributed by atoms with Gasteiger partial charge >= 0.3 is 0 Å². The molecule has 0 spiro atoms. The van der Waals surface area contributed by atoms with Crippen LogP contribution in [0.4, 0.5) is 0 Å². The average Bonchev–Trinajstić information content (AvgIpc) is 2.30. The summed E-state index contributed by atoms with van der Waals surface area (Å²) in [5, 5.41) is 11.9. The molecule has 0 bridgehead atoms. The molecular weight excluding hydrogens is 206 g/mol. The normalized spacial score (nSPS) is 17.1. The molecule has 0 saturated carbocycles. The Hall–Kier alpha value is -1.54. The number of carbonyl (C=O) groups excluding carboxylic acids is 1. The van der Waals surface area contributed by atoms with Crippen LogP contribution >= 0.6 is 0 Å². The first kappa shape index (κ1) is 12.5. The van der Waals surface area contributed by atoms with E-state index in [0.717, 1.165) is 0 Å². The van der Waals surface area contributed by atoms with Crippen molar-refractivity contribution in [1.29, 1.82) is 5.26 Å². The van der Waals surface area contributed by atoms with E-state index in [2.05, 4.69) is 5.32 Å². The van der Waals surface area contributed by atoms with Crippen LogP contribution < -0.4 is 5.32 Å². The molecule has 1 aliphatic rings. The largest absolute Gasteiger partial charge is 0.387 e. The van der Waals surface area contributed by atoms with Crippen LogP contribution in [0.25, 0.3) is 0 Å². The van der Waals surface area contributed by atoms with Gasteiger partial charge in [0.2, 0.25) is 0 Å². The Morgan fingerprint density at radius 3 is 2.62 bits per heavy atom. The molecule has 5 nitrogen and oxygen atoms in total. The lowest BCUT2D eigenvalue weighted by Gasteiger charge is -2.26. The number of amides is 1. The van der Waals surface area contributed by atoms with Gasteiger partial charge in [0, 0.05) is 25.3 Å². The Balaban J connectivity index is 2.61. The number of carbonyl (C=O) groups is 1. The molecule has 0 aromatic carbocycles. The number of ether oxygens (including phenoxy) is 1.